The number of aromatic nitrogens is 2. The zero-order chi connectivity index (χ0) is 37.4. The highest BCUT2D eigenvalue weighted by molar-refractivity contribution is 5.95. The maximum absolute atomic E-state index is 13.9. The highest BCUT2D eigenvalue weighted by Gasteiger charge is 2.40. The van der Waals surface area contributed by atoms with Crippen LogP contribution in [-0.4, -0.2) is 59.5 Å². The number of carbonyl (C=O) groups is 2. The van der Waals surface area contributed by atoms with Crippen LogP contribution in [0.25, 0.3) is 6.08 Å². The molecule has 11 heteroatoms. The molecule has 268 valence electrons. The van der Waals surface area contributed by atoms with Crippen LogP contribution in [0.1, 0.15) is 33.5 Å². The number of nitrogens with one attached hydrogen (secondary N) is 2. The van der Waals surface area contributed by atoms with Gasteiger partial charge in [0.25, 0.3) is 0 Å². The van der Waals surface area contributed by atoms with E-state index < -0.39 is 40.6 Å². The van der Waals surface area contributed by atoms with Crippen LogP contribution in [0.2, 0.25) is 0 Å². The Morgan fingerprint density at radius 1 is 0.717 bits per heavy atom. The number of phenolic OH excluding ortho intramolecular Hbond substituents is 5. The molecule has 7 N–H and O–H groups in total. The van der Waals surface area contributed by atoms with Crippen molar-refractivity contribution in [3.8, 4) is 28.7 Å². The van der Waals surface area contributed by atoms with Crippen LogP contribution in [0.3, 0.4) is 0 Å². The number of nitrogens with zero attached hydrogens (tertiary/aromatic N) is 2. The first-order chi connectivity index (χ1) is 25.7. The average Bonchev–Trinajstić information content (AvgIpc) is 3.64. The maximum Gasteiger partial charge on any atom is 0.244 e. The van der Waals surface area contributed by atoms with Gasteiger partial charge in [-0.3, -0.25) is 9.59 Å². The molecule has 6 rings (SSSR count). The van der Waals surface area contributed by atoms with Gasteiger partial charge in [0.15, 0.2) is 28.7 Å². The van der Waals surface area contributed by atoms with Gasteiger partial charge in [0.1, 0.15) is 11.6 Å². The van der Waals surface area contributed by atoms with Crippen molar-refractivity contribution in [2.75, 3.05) is 6.54 Å². The molecule has 5 aromatic carbocycles. The molecule has 11 nitrogen and oxygen atoms in total. The van der Waals surface area contributed by atoms with Gasteiger partial charge < -0.3 is 40.7 Å². The van der Waals surface area contributed by atoms with E-state index in [4.69, 9.17) is 0 Å². The lowest BCUT2D eigenvalue weighted by Gasteiger charge is -2.39. The summed E-state index contributed by atoms with van der Waals surface area (Å²) in [5, 5.41) is 54.8. The minimum absolute atomic E-state index is 0.0282. The van der Waals surface area contributed by atoms with E-state index in [1.54, 1.807) is 18.6 Å². The smallest absolute Gasteiger partial charge is 0.244 e. The molecule has 0 aliphatic rings. The highest BCUT2D eigenvalue weighted by atomic mass is 16.3. The third-order valence-electron chi connectivity index (χ3n) is 8.97. The van der Waals surface area contributed by atoms with E-state index in [1.807, 2.05) is 95.6 Å². The molecule has 0 fully saturated rings. The minimum Gasteiger partial charge on any atom is -0.504 e. The number of imidazole rings is 1. The van der Waals surface area contributed by atoms with Gasteiger partial charge in [0, 0.05) is 30.9 Å². The van der Waals surface area contributed by atoms with Crippen molar-refractivity contribution in [1.82, 2.24) is 20.2 Å². The van der Waals surface area contributed by atoms with Crippen LogP contribution in [0.5, 0.6) is 28.7 Å². The molecule has 0 spiro atoms. The molecule has 1 heterocycles. The molecule has 0 saturated carbocycles. The van der Waals surface area contributed by atoms with E-state index in [0.717, 1.165) is 22.8 Å². The second kappa shape index (κ2) is 15.9. The fraction of sp³-hybridized carbons (Fsp3) is 0.119. The fourth-order valence-electron chi connectivity index (χ4n) is 6.44. The molecule has 1 aromatic heterocycles. The molecule has 53 heavy (non-hydrogen) atoms. The standard InChI is InChI=1S/C42H38N4O7/c47-35-18-16-28(22-36(35)48)20-21-44-41(53)34(45-39(51)19-17-29-23-37(49)40(52)38(50)24-29)25-33-26-43-27-46(33)42(30-10-4-1-5-11-30,31-12-6-2-7-13-31)32-14-8-3-9-15-32/h1-19,22-24,26-27,34,47-50,52H,20-21,25H2,(H,44,53)(H,45,51)/b19-17+/t34-/m0/s1. The summed E-state index contributed by atoms with van der Waals surface area (Å²) in [6.07, 6.45) is 6.25. The van der Waals surface area contributed by atoms with Crippen molar-refractivity contribution in [3.63, 3.8) is 0 Å². The van der Waals surface area contributed by atoms with Crippen LogP contribution < -0.4 is 10.6 Å². The summed E-state index contributed by atoms with van der Waals surface area (Å²) in [5.41, 5.74) is 3.47. The third kappa shape index (κ3) is 7.84. The van der Waals surface area contributed by atoms with Gasteiger partial charge in [0.05, 0.1) is 6.33 Å². The second-order valence-electron chi connectivity index (χ2n) is 12.4. The normalized spacial score (nSPS) is 12.0. The fourth-order valence-corrected chi connectivity index (χ4v) is 6.44. The Balaban J connectivity index is 1.36. The number of aromatic hydroxyl groups is 5. The lowest BCUT2D eigenvalue weighted by molar-refractivity contribution is -0.127. The third-order valence-corrected chi connectivity index (χ3v) is 8.97. The van der Waals surface area contributed by atoms with Gasteiger partial charge >= 0.3 is 0 Å². The first-order valence-corrected chi connectivity index (χ1v) is 16.9. The van der Waals surface area contributed by atoms with Gasteiger partial charge in [-0.15, -0.1) is 0 Å². The second-order valence-corrected chi connectivity index (χ2v) is 12.4. The lowest BCUT2D eigenvalue weighted by atomic mass is 9.76. The number of carbonyl (C=O) groups excluding carboxylic acids is 2. The Bertz CT molecular complexity index is 2100. The molecule has 0 unspecified atom stereocenters. The largest absolute Gasteiger partial charge is 0.504 e. The maximum atomic E-state index is 13.9. The molecule has 0 bridgehead atoms. The number of phenols is 5. The summed E-state index contributed by atoms with van der Waals surface area (Å²) in [6.45, 7) is 0.165. The molecule has 0 aliphatic carbocycles. The van der Waals surface area contributed by atoms with Crippen LogP contribution in [-0.2, 0) is 28.0 Å². The lowest BCUT2D eigenvalue weighted by Crippen LogP contribution is -2.49. The summed E-state index contributed by atoms with van der Waals surface area (Å²) < 4.78 is 2.02. The monoisotopic (exact) mass is 710 g/mol. The van der Waals surface area contributed by atoms with Crippen molar-refractivity contribution >= 4 is 17.9 Å². The summed E-state index contributed by atoms with van der Waals surface area (Å²) in [7, 11) is 0. The Kier molecular flexibility index (Phi) is 10.7. The Morgan fingerprint density at radius 3 is 1.83 bits per heavy atom. The summed E-state index contributed by atoms with van der Waals surface area (Å²) >= 11 is 0. The van der Waals surface area contributed by atoms with Gasteiger partial charge in [-0.2, -0.15) is 0 Å². The number of hydrogen-bond donors (Lipinski definition) is 7. The first kappa shape index (κ1) is 35.8. The number of rotatable bonds is 13. The van der Waals surface area contributed by atoms with E-state index in [2.05, 4.69) is 15.6 Å². The van der Waals surface area contributed by atoms with E-state index in [1.165, 1.54) is 30.3 Å². The van der Waals surface area contributed by atoms with Crippen molar-refractivity contribution in [3.05, 3.63) is 173 Å². The Hall–Kier alpha value is -7.01. The molecular weight excluding hydrogens is 672 g/mol. The molecule has 2 amide bonds. The van der Waals surface area contributed by atoms with Crippen molar-refractivity contribution in [2.24, 2.45) is 0 Å². The summed E-state index contributed by atoms with van der Waals surface area (Å²) in [5.74, 6) is -3.43. The molecule has 0 aliphatic heterocycles. The summed E-state index contributed by atoms with van der Waals surface area (Å²) in [4.78, 5) is 31.9. The topological polar surface area (TPSA) is 177 Å². The highest BCUT2D eigenvalue weighted by Crippen LogP contribution is 2.42. The van der Waals surface area contributed by atoms with Gasteiger partial charge in [0.2, 0.25) is 11.8 Å². The Morgan fingerprint density at radius 2 is 1.28 bits per heavy atom. The quantitative estimate of drug-likeness (QED) is 0.0477. The number of hydrogen-bond acceptors (Lipinski definition) is 8. The molecule has 1 atom stereocenters. The predicted octanol–water partition coefficient (Wildman–Crippen LogP) is 5.35. The zero-order valence-electron chi connectivity index (χ0n) is 28.5. The predicted molar refractivity (Wildman–Crippen MR) is 199 cm³/mol. The van der Waals surface area contributed by atoms with Gasteiger partial charge in [-0.25, -0.2) is 4.98 Å². The molecule has 6 aromatic rings. The van der Waals surface area contributed by atoms with E-state index in [9.17, 15) is 35.1 Å². The van der Waals surface area contributed by atoms with Crippen LogP contribution in [0.15, 0.2) is 140 Å². The van der Waals surface area contributed by atoms with Crippen molar-refractivity contribution < 1.29 is 35.1 Å². The van der Waals surface area contributed by atoms with Gasteiger partial charge in [-0.05, 0) is 64.6 Å². The van der Waals surface area contributed by atoms with Crippen LogP contribution in [0, 0.1) is 0 Å². The van der Waals surface area contributed by atoms with Crippen molar-refractivity contribution in [2.45, 2.75) is 24.4 Å². The SMILES string of the molecule is O=C(/C=C/c1cc(O)c(O)c(O)c1)N[C@@H](Cc1cncn1C(c1ccccc1)(c1ccccc1)c1ccccc1)C(=O)NCCc1ccc(O)c(O)c1. The number of amides is 2. The van der Waals surface area contributed by atoms with E-state index >= 15 is 0 Å². The molecular formula is C42H38N4O7. The average molecular weight is 711 g/mol. The van der Waals surface area contributed by atoms with E-state index in [0.29, 0.717) is 17.7 Å². The molecule has 0 saturated heterocycles. The number of benzene rings is 5. The van der Waals surface area contributed by atoms with E-state index in [-0.39, 0.29) is 30.0 Å². The van der Waals surface area contributed by atoms with Crippen LogP contribution >= 0.6 is 0 Å². The van der Waals surface area contributed by atoms with Crippen LogP contribution in [0.4, 0.5) is 0 Å². The van der Waals surface area contributed by atoms with Crippen molar-refractivity contribution in [1.29, 1.82) is 0 Å². The Labute approximate surface area is 305 Å². The minimum atomic E-state index is -1.10. The summed E-state index contributed by atoms with van der Waals surface area (Å²) in [6, 6.07) is 35.6. The zero-order valence-corrected chi connectivity index (χ0v) is 28.5. The first-order valence-electron chi connectivity index (χ1n) is 16.9. The van der Waals surface area contributed by atoms with Gasteiger partial charge in [-0.1, -0.05) is 97.1 Å². The molecule has 0 radical (unpaired) electrons.